The van der Waals surface area contributed by atoms with Gasteiger partial charge in [-0.2, -0.15) is 0 Å². The van der Waals surface area contributed by atoms with Crippen LogP contribution in [-0.4, -0.2) is 21.4 Å². The molecule has 2 N–H and O–H groups in total. The normalized spacial score (nSPS) is 11.3. The number of hydrogen-bond donors (Lipinski definition) is 2. The van der Waals surface area contributed by atoms with Crippen LogP contribution >= 0.6 is 0 Å². The minimum absolute atomic E-state index is 0.105. The first-order valence-corrected chi connectivity index (χ1v) is 10.4. The number of halogens is 1. The van der Waals surface area contributed by atoms with Crippen molar-refractivity contribution in [2.75, 3.05) is 17.1 Å². The molecule has 1 amide bonds. The molecule has 0 spiro atoms. The van der Waals surface area contributed by atoms with E-state index in [4.69, 9.17) is 4.74 Å². The highest BCUT2D eigenvalue weighted by Crippen LogP contribution is 2.30. The Labute approximate surface area is 174 Å². The standard InChI is InChI=1S/C22H19FN2O4S/c1-29-21-13-10-18(24-22(26)14-7-16-5-3-2-4-6-16)15-20(21)25-30(27,28)19-11-8-17(23)9-12-19/h2-15,25H,1H3,(H,24,26)/b14-7+. The maximum atomic E-state index is 13.1. The van der Waals surface area contributed by atoms with E-state index in [1.165, 1.54) is 25.3 Å². The van der Waals surface area contributed by atoms with Crippen molar-refractivity contribution in [3.63, 3.8) is 0 Å². The molecule has 6 nitrogen and oxygen atoms in total. The Balaban J connectivity index is 1.79. The van der Waals surface area contributed by atoms with Crippen LogP contribution in [0, 0.1) is 5.82 Å². The Hall–Kier alpha value is -3.65. The third kappa shape index (κ3) is 5.45. The summed E-state index contributed by atoms with van der Waals surface area (Å²) in [7, 11) is -2.58. The third-order valence-electron chi connectivity index (χ3n) is 4.06. The second kappa shape index (κ2) is 9.23. The van der Waals surface area contributed by atoms with Crippen LogP contribution in [0.3, 0.4) is 0 Å². The molecule has 3 aromatic rings. The van der Waals surface area contributed by atoms with Gasteiger partial charge in [-0.15, -0.1) is 0 Å². The molecule has 3 aromatic carbocycles. The summed E-state index contributed by atoms with van der Waals surface area (Å²) in [6, 6.07) is 18.3. The quantitative estimate of drug-likeness (QED) is 0.552. The fourth-order valence-electron chi connectivity index (χ4n) is 2.60. The zero-order valence-electron chi connectivity index (χ0n) is 16.0. The lowest BCUT2D eigenvalue weighted by atomic mass is 10.2. The average Bonchev–Trinajstić information content (AvgIpc) is 2.73. The van der Waals surface area contributed by atoms with Crippen LogP contribution in [-0.2, 0) is 14.8 Å². The molecule has 0 fully saturated rings. The van der Waals surface area contributed by atoms with Gasteiger partial charge in [-0.05, 0) is 54.1 Å². The van der Waals surface area contributed by atoms with E-state index in [-0.39, 0.29) is 22.2 Å². The molecule has 0 aliphatic heterocycles. The van der Waals surface area contributed by atoms with Crippen LogP contribution in [0.1, 0.15) is 5.56 Å². The summed E-state index contributed by atoms with van der Waals surface area (Å²) in [5.74, 6) is -0.658. The van der Waals surface area contributed by atoms with E-state index in [0.29, 0.717) is 5.69 Å². The molecule has 0 heterocycles. The van der Waals surface area contributed by atoms with E-state index in [2.05, 4.69) is 10.0 Å². The lowest BCUT2D eigenvalue weighted by Crippen LogP contribution is -2.14. The molecule has 0 atom stereocenters. The molecular weight excluding hydrogens is 407 g/mol. The van der Waals surface area contributed by atoms with Crippen molar-refractivity contribution in [2.24, 2.45) is 0 Å². The van der Waals surface area contributed by atoms with Gasteiger partial charge in [0.2, 0.25) is 5.91 Å². The number of anilines is 2. The number of hydrogen-bond acceptors (Lipinski definition) is 4. The Morgan fingerprint density at radius 1 is 1.00 bits per heavy atom. The lowest BCUT2D eigenvalue weighted by Gasteiger charge is -2.13. The van der Waals surface area contributed by atoms with Crippen molar-refractivity contribution in [3.8, 4) is 5.75 Å². The topological polar surface area (TPSA) is 84.5 Å². The van der Waals surface area contributed by atoms with Crippen molar-refractivity contribution in [1.82, 2.24) is 0 Å². The van der Waals surface area contributed by atoms with E-state index in [9.17, 15) is 17.6 Å². The zero-order chi connectivity index (χ0) is 21.6. The number of nitrogens with one attached hydrogen (secondary N) is 2. The van der Waals surface area contributed by atoms with Gasteiger partial charge in [0.25, 0.3) is 10.0 Å². The van der Waals surface area contributed by atoms with E-state index >= 15 is 0 Å². The van der Waals surface area contributed by atoms with Gasteiger partial charge >= 0.3 is 0 Å². The van der Waals surface area contributed by atoms with E-state index in [1.807, 2.05) is 30.3 Å². The molecule has 0 unspecified atom stereocenters. The molecule has 0 saturated heterocycles. The molecule has 0 aliphatic rings. The summed E-state index contributed by atoms with van der Waals surface area (Å²) < 4.78 is 45.9. The van der Waals surface area contributed by atoms with Crippen molar-refractivity contribution in [1.29, 1.82) is 0 Å². The molecule has 0 bridgehead atoms. The molecular formula is C22H19FN2O4S. The Kier molecular flexibility index (Phi) is 6.48. The highest BCUT2D eigenvalue weighted by Gasteiger charge is 2.17. The minimum atomic E-state index is -3.98. The van der Waals surface area contributed by atoms with Gasteiger partial charge in [0.05, 0.1) is 17.7 Å². The maximum absolute atomic E-state index is 13.1. The minimum Gasteiger partial charge on any atom is -0.495 e. The molecule has 0 saturated carbocycles. The second-order valence-electron chi connectivity index (χ2n) is 6.21. The Morgan fingerprint density at radius 2 is 1.70 bits per heavy atom. The van der Waals surface area contributed by atoms with Crippen LogP contribution in [0.5, 0.6) is 5.75 Å². The number of rotatable bonds is 7. The van der Waals surface area contributed by atoms with Crippen molar-refractivity contribution in [3.05, 3.63) is 90.3 Å². The SMILES string of the molecule is COc1ccc(NC(=O)/C=C/c2ccccc2)cc1NS(=O)(=O)c1ccc(F)cc1. The predicted molar refractivity (Wildman–Crippen MR) is 114 cm³/mol. The van der Waals surface area contributed by atoms with Crippen LogP contribution in [0.25, 0.3) is 6.08 Å². The van der Waals surface area contributed by atoms with Crippen LogP contribution in [0.2, 0.25) is 0 Å². The summed E-state index contributed by atoms with van der Waals surface area (Å²) in [4.78, 5) is 12.1. The fraction of sp³-hybridized carbons (Fsp3) is 0.0455. The lowest BCUT2D eigenvalue weighted by molar-refractivity contribution is -0.111. The van der Waals surface area contributed by atoms with E-state index in [1.54, 1.807) is 12.1 Å². The number of benzene rings is 3. The number of carbonyl (C=O) groups is 1. The fourth-order valence-corrected chi connectivity index (χ4v) is 3.66. The summed E-state index contributed by atoms with van der Waals surface area (Å²) in [5, 5.41) is 2.67. The molecule has 154 valence electrons. The number of amides is 1. The summed E-state index contributed by atoms with van der Waals surface area (Å²) in [6.07, 6.45) is 3.04. The van der Waals surface area contributed by atoms with Gasteiger partial charge in [0.15, 0.2) is 0 Å². The van der Waals surface area contributed by atoms with Gasteiger partial charge in [0.1, 0.15) is 11.6 Å². The Bertz CT molecular complexity index is 1160. The molecule has 0 aliphatic carbocycles. The number of carbonyl (C=O) groups excluding carboxylic acids is 1. The highest BCUT2D eigenvalue weighted by atomic mass is 32.2. The number of methoxy groups -OCH3 is 1. The number of sulfonamides is 1. The van der Waals surface area contributed by atoms with Gasteiger partial charge in [-0.3, -0.25) is 9.52 Å². The largest absolute Gasteiger partial charge is 0.495 e. The zero-order valence-corrected chi connectivity index (χ0v) is 16.8. The van der Waals surface area contributed by atoms with Crippen LogP contribution < -0.4 is 14.8 Å². The predicted octanol–water partition coefficient (Wildman–Crippen LogP) is 4.29. The Morgan fingerprint density at radius 3 is 2.37 bits per heavy atom. The van der Waals surface area contributed by atoms with Gasteiger partial charge < -0.3 is 10.1 Å². The first-order chi connectivity index (χ1) is 14.4. The smallest absolute Gasteiger partial charge is 0.262 e. The van der Waals surface area contributed by atoms with Crippen molar-refractivity contribution < 1.29 is 22.3 Å². The van der Waals surface area contributed by atoms with Crippen LogP contribution in [0.15, 0.2) is 83.8 Å². The molecule has 0 radical (unpaired) electrons. The second-order valence-corrected chi connectivity index (χ2v) is 7.89. The molecule has 3 rings (SSSR count). The highest BCUT2D eigenvalue weighted by molar-refractivity contribution is 7.92. The van der Waals surface area contributed by atoms with Crippen molar-refractivity contribution in [2.45, 2.75) is 4.90 Å². The first kappa shape index (κ1) is 21.1. The van der Waals surface area contributed by atoms with Crippen molar-refractivity contribution >= 4 is 33.4 Å². The number of ether oxygens (including phenoxy) is 1. The van der Waals surface area contributed by atoms with Gasteiger partial charge in [-0.25, -0.2) is 12.8 Å². The maximum Gasteiger partial charge on any atom is 0.262 e. The van der Waals surface area contributed by atoms with E-state index in [0.717, 1.165) is 29.8 Å². The molecule has 30 heavy (non-hydrogen) atoms. The summed E-state index contributed by atoms with van der Waals surface area (Å²) >= 11 is 0. The summed E-state index contributed by atoms with van der Waals surface area (Å²) in [6.45, 7) is 0. The third-order valence-corrected chi connectivity index (χ3v) is 5.44. The monoisotopic (exact) mass is 426 g/mol. The molecule has 8 heteroatoms. The van der Waals surface area contributed by atoms with Gasteiger partial charge in [-0.1, -0.05) is 30.3 Å². The van der Waals surface area contributed by atoms with E-state index < -0.39 is 15.8 Å². The van der Waals surface area contributed by atoms with Crippen LogP contribution in [0.4, 0.5) is 15.8 Å². The first-order valence-electron chi connectivity index (χ1n) is 8.88. The average molecular weight is 426 g/mol. The molecule has 0 aromatic heterocycles. The summed E-state index contributed by atoms with van der Waals surface area (Å²) in [5.41, 5.74) is 1.37. The van der Waals surface area contributed by atoms with Gasteiger partial charge in [0, 0.05) is 11.8 Å².